The third kappa shape index (κ3) is 4.45. The van der Waals surface area contributed by atoms with Crippen LogP contribution in [0.1, 0.15) is 13.3 Å². The molecule has 0 spiro atoms. The number of Topliss-reactive ketones (excluding diaryl/α,β-unsaturated/α-hetero) is 1. The van der Waals surface area contributed by atoms with Gasteiger partial charge in [-0.15, -0.1) is 0 Å². The SMILES string of the molecule is CC(=O)[C@@H]1C[C@@H](NC(=O)[C@H](O)[C@@H](O)[C@H](O)[C@H](O)CO)CN1C. The first kappa shape index (κ1) is 18.9. The molecule has 0 aliphatic carbocycles. The summed E-state index contributed by atoms with van der Waals surface area (Å²) >= 11 is 0. The van der Waals surface area contributed by atoms with E-state index in [-0.39, 0.29) is 17.9 Å². The van der Waals surface area contributed by atoms with Crippen molar-refractivity contribution in [3.63, 3.8) is 0 Å². The van der Waals surface area contributed by atoms with E-state index >= 15 is 0 Å². The molecule has 9 nitrogen and oxygen atoms in total. The Balaban J connectivity index is 2.56. The van der Waals surface area contributed by atoms with Gasteiger partial charge in [0.1, 0.15) is 24.1 Å². The topological polar surface area (TPSA) is 151 Å². The number of hydrogen-bond donors (Lipinski definition) is 6. The number of likely N-dealkylation sites (tertiary alicyclic amines) is 1. The largest absolute Gasteiger partial charge is 0.394 e. The Bertz CT molecular complexity index is 406. The predicted molar refractivity (Wildman–Crippen MR) is 74.8 cm³/mol. The summed E-state index contributed by atoms with van der Waals surface area (Å²) in [5.74, 6) is -0.944. The molecule has 128 valence electrons. The van der Waals surface area contributed by atoms with Gasteiger partial charge in [-0.3, -0.25) is 14.5 Å². The molecule has 1 aliphatic rings. The maximum Gasteiger partial charge on any atom is 0.251 e. The third-order valence-electron chi connectivity index (χ3n) is 3.89. The van der Waals surface area contributed by atoms with Crippen molar-refractivity contribution in [2.75, 3.05) is 20.2 Å². The summed E-state index contributed by atoms with van der Waals surface area (Å²) in [6.07, 6.45) is -7.04. The van der Waals surface area contributed by atoms with Crippen LogP contribution in [0, 0.1) is 0 Å². The molecule has 0 aromatic carbocycles. The zero-order valence-corrected chi connectivity index (χ0v) is 12.6. The van der Waals surface area contributed by atoms with Gasteiger partial charge in [-0.05, 0) is 20.4 Å². The summed E-state index contributed by atoms with van der Waals surface area (Å²) in [6, 6.07) is -0.678. The summed E-state index contributed by atoms with van der Waals surface area (Å²) in [4.78, 5) is 25.0. The van der Waals surface area contributed by atoms with Crippen molar-refractivity contribution in [3.8, 4) is 0 Å². The molecule has 0 aromatic heterocycles. The minimum atomic E-state index is -1.96. The third-order valence-corrected chi connectivity index (χ3v) is 3.89. The lowest BCUT2D eigenvalue weighted by molar-refractivity contribution is -0.149. The van der Waals surface area contributed by atoms with E-state index in [1.807, 2.05) is 0 Å². The van der Waals surface area contributed by atoms with Crippen LogP contribution in [0.2, 0.25) is 0 Å². The van der Waals surface area contributed by atoms with E-state index < -0.39 is 36.9 Å². The van der Waals surface area contributed by atoms with Crippen molar-refractivity contribution in [1.82, 2.24) is 10.2 Å². The van der Waals surface area contributed by atoms with Gasteiger partial charge < -0.3 is 30.8 Å². The van der Waals surface area contributed by atoms with Crippen LogP contribution in [0.3, 0.4) is 0 Å². The number of likely N-dealkylation sites (N-methyl/N-ethyl adjacent to an activating group) is 1. The molecule has 22 heavy (non-hydrogen) atoms. The zero-order chi connectivity index (χ0) is 17.0. The number of carbonyl (C=O) groups excluding carboxylic acids is 2. The smallest absolute Gasteiger partial charge is 0.251 e. The molecule has 0 saturated carbocycles. The Morgan fingerprint density at radius 2 is 1.82 bits per heavy atom. The molecule has 6 atom stereocenters. The van der Waals surface area contributed by atoms with E-state index in [9.17, 15) is 30.0 Å². The van der Waals surface area contributed by atoms with Gasteiger partial charge in [-0.1, -0.05) is 0 Å². The van der Waals surface area contributed by atoms with Crippen molar-refractivity contribution in [2.45, 2.75) is 49.8 Å². The maximum absolute atomic E-state index is 11.9. The second kappa shape index (κ2) is 7.95. The van der Waals surface area contributed by atoms with Crippen LogP contribution in [0.5, 0.6) is 0 Å². The minimum Gasteiger partial charge on any atom is -0.394 e. The Morgan fingerprint density at radius 1 is 1.23 bits per heavy atom. The standard InChI is InChI=1S/C13H24N2O7/c1-6(17)8-3-7(4-15(8)2)14-13(22)12(21)11(20)10(19)9(18)5-16/h7-12,16,18-21H,3-5H2,1-2H3,(H,14,22)/t7-,8+,9-,10-,11+,12-/m1/s1. The van der Waals surface area contributed by atoms with Crippen LogP contribution < -0.4 is 5.32 Å². The summed E-state index contributed by atoms with van der Waals surface area (Å²) in [6.45, 7) is 1.05. The first-order chi connectivity index (χ1) is 10.2. The normalized spacial score (nSPS) is 28.0. The predicted octanol–water partition coefficient (Wildman–Crippen LogP) is -3.80. The highest BCUT2D eigenvalue weighted by Gasteiger charge is 2.37. The zero-order valence-electron chi connectivity index (χ0n) is 12.6. The van der Waals surface area contributed by atoms with Gasteiger partial charge in [0.25, 0.3) is 5.91 Å². The van der Waals surface area contributed by atoms with Gasteiger partial charge in [0.05, 0.1) is 12.6 Å². The number of nitrogens with one attached hydrogen (secondary N) is 1. The van der Waals surface area contributed by atoms with Crippen molar-refractivity contribution in [2.24, 2.45) is 0 Å². The van der Waals surface area contributed by atoms with Crippen LogP contribution in [-0.2, 0) is 9.59 Å². The van der Waals surface area contributed by atoms with Gasteiger partial charge in [-0.25, -0.2) is 0 Å². The molecule has 6 N–H and O–H groups in total. The molecule has 1 rings (SSSR count). The molecular weight excluding hydrogens is 296 g/mol. The Labute approximate surface area is 128 Å². The fourth-order valence-electron chi connectivity index (χ4n) is 2.54. The van der Waals surface area contributed by atoms with Gasteiger partial charge in [-0.2, -0.15) is 0 Å². The quantitative estimate of drug-likeness (QED) is 0.279. The molecule has 1 amide bonds. The Morgan fingerprint density at radius 3 is 2.27 bits per heavy atom. The van der Waals surface area contributed by atoms with E-state index in [0.717, 1.165) is 0 Å². The molecule has 0 unspecified atom stereocenters. The van der Waals surface area contributed by atoms with Gasteiger partial charge in [0.2, 0.25) is 0 Å². The molecule has 0 radical (unpaired) electrons. The minimum absolute atomic E-state index is 0.0266. The second-order valence-electron chi connectivity index (χ2n) is 5.68. The van der Waals surface area contributed by atoms with E-state index in [2.05, 4.69) is 5.32 Å². The van der Waals surface area contributed by atoms with E-state index in [1.165, 1.54) is 6.92 Å². The molecular formula is C13H24N2O7. The summed E-state index contributed by atoms with van der Waals surface area (Å²) < 4.78 is 0. The van der Waals surface area contributed by atoms with Gasteiger partial charge in [0.15, 0.2) is 6.10 Å². The molecule has 0 aromatic rings. The Hall–Kier alpha value is -1.10. The van der Waals surface area contributed by atoms with E-state index in [0.29, 0.717) is 13.0 Å². The maximum atomic E-state index is 11.9. The van der Waals surface area contributed by atoms with E-state index in [1.54, 1.807) is 11.9 Å². The number of amides is 1. The number of rotatable bonds is 7. The Kier molecular flexibility index (Phi) is 6.85. The second-order valence-corrected chi connectivity index (χ2v) is 5.68. The highest BCUT2D eigenvalue weighted by Crippen LogP contribution is 2.17. The molecule has 1 saturated heterocycles. The number of nitrogens with zero attached hydrogens (tertiary/aromatic N) is 1. The van der Waals surface area contributed by atoms with Crippen LogP contribution in [0.15, 0.2) is 0 Å². The summed E-state index contributed by atoms with van der Waals surface area (Å²) in [5, 5.41) is 49.2. The monoisotopic (exact) mass is 320 g/mol. The van der Waals surface area contributed by atoms with Crippen molar-refractivity contribution in [3.05, 3.63) is 0 Å². The fourth-order valence-corrected chi connectivity index (χ4v) is 2.54. The van der Waals surface area contributed by atoms with Crippen molar-refractivity contribution in [1.29, 1.82) is 0 Å². The highest BCUT2D eigenvalue weighted by molar-refractivity contribution is 5.83. The molecule has 9 heteroatoms. The number of aliphatic hydroxyl groups excluding tert-OH is 5. The van der Waals surface area contributed by atoms with Crippen LogP contribution in [0.4, 0.5) is 0 Å². The molecule has 1 fully saturated rings. The van der Waals surface area contributed by atoms with Gasteiger partial charge >= 0.3 is 0 Å². The number of hydrogen-bond acceptors (Lipinski definition) is 8. The van der Waals surface area contributed by atoms with Crippen LogP contribution >= 0.6 is 0 Å². The number of carbonyl (C=O) groups is 2. The lowest BCUT2D eigenvalue weighted by atomic mass is 10.0. The summed E-state index contributed by atoms with van der Waals surface area (Å²) in [7, 11) is 1.74. The average molecular weight is 320 g/mol. The van der Waals surface area contributed by atoms with Crippen LogP contribution in [0.25, 0.3) is 0 Å². The first-order valence-electron chi connectivity index (χ1n) is 7.03. The summed E-state index contributed by atoms with van der Waals surface area (Å²) in [5.41, 5.74) is 0. The molecule has 1 aliphatic heterocycles. The van der Waals surface area contributed by atoms with Crippen molar-refractivity contribution >= 4 is 11.7 Å². The highest BCUT2D eigenvalue weighted by atomic mass is 16.4. The van der Waals surface area contributed by atoms with Gasteiger partial charge in [0, 0.05) is 12.6 Å². The average Bonchev–Trinajstić information content (AvgIpc) is 2.84. The van der Waals surface area contributed by atoms with Crippen molar-refractivity contribution < 1.29 is 35.1 Å². The number of aliphatic hydroxyl groups is 5. The lowest BCUT2D eigenvalue weighted by Crippen LogP contribution is -2.53. The first-order valence-corrected chi connectivity index (χ1v) is 7.03. The van der Waals surface area contributed by atoms with Crippen LogP contribution in [-0.4, -0.2) is 98.8 Å². The van der Waals surface area contributed by atoms with E-state index in [4.69, 9.17) is 5.11 Å². The molecule has 1 heterocycles. The fraction of sp³-hybridized carbons (Fsp3) is 0.846. The molecule has 0 bridgehead atoms. The lowest BCUT2D eigenvalue weighted by Gasteiger charge is -2.25. The number of ketones is 1.